The van der Waals surface area contributed by atoms with Gasteiger partial charge in [0, 0.05) is 13.6 Å². The van der Waals surface area contributed by atoms with Crippen LogP contribution in [0, 0.1) is 12.7 Å². The van der Waals surface area contributed by atoms with Crippen molar-refractivity contribution in [2.75, 3.05) is 34.2 Å². The van der Waals surface area contributed by atoms with Crippen LogP contribution in [0.5, 0.6) is 0 Å². The van der Waals surface area contributed by atoms with Crippen LogP contribution in [0.25, 0.3) is 0 Å². The van der Waals surface area contributed by atoms with Crippen LogP contribution in [0.3, 0.4) is 0 Å². The van der Waals surface area contributed by atoms with E-state index in [2.05, 4.69) is 4.90 Å². The summed E-state index contributed by atoms with van der Waals surface area (Å²) < 4.78 is 13.7. The maximum atomic E-state index is 13.7. The number of carbonyl (C=O) groups is 1. The number of halogens is 1. The highest BCUT2D eigenvalue weighted by atomic mass is 19.1. The number of aryl methyl sites for hydroxylation is 1. The first-order valence-corrected chi connectivity index (χ1v) is 6.08. The molecule has 0 aromatic heterocycles. The SMILES string of the molecule is Cc1ccc(C(=O)N(C)CCCN(C)C)c(F)c1. The number of benzene rings is 1. The maximum Gasteiger partial charge on any atom is 0.256 e. The summed E-state index contributed by atoms with van der Waals surface area (Å²) in [6, 6.07) is 4.69. The molecule has 0 aliphatic heterocycles. The summed E-state index contributed by atoms with van der Waals surface area (Å²) in [5, 5.41) is 0. The molecular weight excluding hydrogens is 231 g/mol. The second-order valence-corrected chi connectivity index (χ2v) is 4.87. The molecule has 0 unspecified atom stereocenters. The van der Waals surface area contributed by atoms with Crippen LogP contribution in [-0.4, -0.2) is 49.9 Å². The van der Waals surface area contributed by atoms with E-state index in [1.807, 2.05) is 14.1 Å². The summed E-state index contributed by atoms with van der Waals surface area (Å²) in [6.07, 6.45) is 0.878. The van der Waals surface area contributed by atoms with Gasteiger partial charge in [0.15, 0.2) is 0 Å². The van der Waals surface area contributed by atoms with Crippen molar-refractivity contribution in [1.29, 1.82) is 0 Å². The van der Waals surface area contributed by atoms with Gasteiger partial charge in [-0.3, -0.25) is 4.79 Å². The molecule has 0 N–H and O–H groups in total. The summed E-state index contributed by atoms with van der Waals surface area (Å²) in [7, 11) is 5.68. The zero-order chi connectivity index (χ0) is 13.7. The molecule has 1 amide bonds. The molecule has 0 saturated carbocycles. The van der Waals surface area contributed by atoms with Gasteiger partial charge in [0.25, 0.3) is 5.91 Å². The highest BCUT2D eigenvalue weighted by Gasteiger charge is 2.15. The zero-order valence-electron chi connectivity index (χ0n) is 11.5. The van der Waals surface area contributed by atoms with Crippen molar-refractivity contribution in [2.24, 2.45) is 0 Å². The smallest absolute Gasteiger partial charge is 0.256 e. The average Bonchev–Trinajstić information content (AvgIpc) is 2.27. The van der Waals surface area contributed by atoms with Gasteiger partial charge in [-0.25, -0.2) is 4.39 Å². The Morgan fingerprint density at radius 2 is 1.89 bits per heavy atom. The molecule has 1 rings (SSSR count). The average molecular weight is 252 g/mol. The molecule has 1 aromatic carbocycles. The standard InChI is InChI=1S/C14H21FN2O/c1-11-6-7-12(13(15)10-11)14(18)17(4)9-5-8-16(2)3/h6-7,10H,5,8-9H2,1-4H3. The summed E-state index contributed by atoms with van der Waals surface area (Å²) in [6.45, 7) is 3.34. The van der Waals surface area contributed by atoms with Crippen LogP contribution in [0.4, 0.5) is 4.39 Å². The lowest BCUT2D eigenvalue weighted by Crippen LogP contribution is -2.30. The largest absolute Gasteiger partial charge is 0.342 e. The Balaban J connectivity index is 2.63. The van der Waals surface area contributed by atoms with Crippen LogP contribution in [0.1, 0.15) is 22.3 Å². The van der Waals surface area contributed by atoms with Crippen molar-refractivity contribution in [3.05, 3.63) is 35.1 Å². The van der Waals surface area contributed by atoms with Gasteiger partial charge in [-0.2, -0.15) is 0 Å². The second-order valence-electron chi connectivity index (χ2n) is 4.87. The minimum Gasteiger partial charge on any atom is -0.342 e. The molecule has 4 heteroatoms. The number of hydrogen-bond donors (Lipinski definition) is 0. The van der Waals surface area contributed by atoms with Gasteiger partial charge < -0.3 is 9.80 Å². The lowest BCUT2D eigenvalue weighted by atomic mass is 10.1. The fraction of sp³-hybridized carbons (Fsp3) is 0.500. The van der Waals surface area contributed by atoms with E-state index in [4.69, 9.17) is 0 Å². The van der Waals surface area contributed by atoms with Crippen molar-refractivity contribution in [2.45, 2.75) is 13.3 Å². The predicted molar refractivity (Wildman–Crippen MR) is 71.3 cm³/mol. The van der Waals surface area contributed by atoms with E-state index in [-0.39, 0.29) is 11.5 Å². The number of carbonyl (C=O) groups excluding carboxylic acids is 1. The van der Waals surface area contributed by atoms with Crippen molar-refractivity contribution in [3.63, 3.8) is 0 Å². The molecule has 1 aromatic rings. The van der Waals surface area contributed by atoms with Gasteiger partial charge in [-0.05, 0) is 51.7 Å². The fourth-order valence-electron chi connectivity index (χ4n) is 1.72. The monoisotopic (exact) mass is 252 g/mol. The van der Waals surface area contributed by atoms with E-state index in [9.17, 15) is 9.18 Å². The zero-order valence-corrected chi connectivity index (χ0v) is 11.5. The van der Waals surface area contributed by atoms with Crippen LogP contribution in [-0.2, 0) is 0 Å². The minimum absolute atomic E-state index is 0.146. The summed E-state index contributed by atoms with van der Waals surface area (Å²) in [5.41, 5.74) is 0.965. The normalized spacial score (nSPS) is 10.8. The molecule has 0 aliphatic rings. The van der Waals surface area contributed by atoms with E-state index >= 15 is 0 Å². The Bertz CT molecular complexity index is 418. The summed E-state index contributed by atoms with van der Waals surface area (Å²) in [4.78, 5) is 15.7. The molecule has 0 aliphatic carbocycles. The number of rotatable bonds is 5. The molecule has 0 radical (unpaired) electrons. The van der Waals surface area contributed by atoms with Crippen molar-refractivity contribution in [3.8, 4) is 0 Å². The number of hydrogen-bond acceptors (Lipinski definition) is 2. The fourth-order valence-corrected chi connectivity index (χ4v) is 1.72. The molecule has 0 heterocycles. The third kappa shape index (κ3) is 4.11. The molecule has 0 saturated heterocycles. The molecule has 3 nitrogen and oxygen atoms in total. The first-order chi connectivity index (χ1) is 8.41. The molecule has 0 bridgehead atoms. The van der Waals surface area contributed by atoms with E-state index in [0.717, 1.165) is 18.5 Å². The number of nitrogens with zero attached hydrogens (tertiary/aromatic N) is 2. The van der Waals surface area contributed by atoms with Gasteiger partial charge in [0.2, 0.25) is 0 Å². The lowest BCUT2D eigenvalue weighted by molar-refractivity contribution is 0.0786. The van der Waals surface area contributed by atoms with Gasteiger partial charge in [-0.1, -0.05) is 6.07 Å². The van der Waals surface area contributed by atoms with E-state index in [1.54, 1.807) is 31.0 Å². The second kappa shape index (κ2) is 6.50. The van der Waals surface area contributed by atoms with E-state index in [1.165, 1.54) is 6.07 Å². The van der Waals surface area contributed by atoms with Crippen LogP contribution >= 0.6 is 0 Å². The Morgan fingerprint density at radius 1 is 1.22 bits per heavy atom. The lowest BCUT2D eigenvalue weighted by Gasteiger charge is -2.19. The van der Waals surface area contributed by atoms with E-state index < -0.39 is 5.82 Å². The molecule has 18 heavy (non-hydrogen) atoms. The van der Waals surface area contributed by atoms with Gasteiger partial charge >= 0.3 is 0 Å². The Morgan fingerprint density at radius 3 is 2.44 bits per heavy atom. The minimum atomic E-state index is -0.445. The highest BCUT2D eigenvalue weighted by molar-refractivity contribution is 5.94. The first kappa shape index (κ1) is 14.6. The topological polar surface area (TPSA) is 23.6 Å². The summed E-state index contributed by atoms with van der Waals surface area (Å²) in [5.74, 6) is -0.703. The predicted octanol–water partition coefficient (Wildman–Crippen LogP) is 2.16. The van der Waals surface area contributed by atoms with E-state index in [0.29, 0.717) is 6.54 Å². The van der Waals surface area contributed by atoms with Crippen molar-refractivity contribution >= 4 is 5.91 Å². The molecule has 0 atom stereocenters. The number of amides is 1. The van der Waals surface area contributed by atoms with Crippen LogP contribution in [0.2, 0.25) is 0 Å². The van der Waals surface area contributed by atoms with Gasteiger partial charge in [0.05, 0.1) is 5.56 Å². The molecule has 0 spiro atoms. The van der Waals surface area contributed by atoms with Crippen molar-refractivity contribution in [1.82, 2.24) is 9.80 Å². The highest BCUT2D eigenvalue weighted by Crippen LogP contribution is 2.12. The van der Waals surface area contributed by atoms with Crippen molar-refractivity contribution < 1.29 is 9.18 Å². The van der Waals surface area contributed by atoms with Gasteiger partial charge in [-0.15, -0.1) is 0 Å². The maximum absolute atomic E-state index is 13.7. The summed E-state index contributed by atoms with van der Waals surface area (Å²) >= 11 is 0. The third-order valence-electron chi connectivity index (χ3n) is 2.80. The van der Waals surface area contributed by atoms with Crippen LogP contribution < -0.4 is 0 Å². The molecular formula is C14H21FN2O. The molecule has 100 valence electrons. The van der Waals surface area contributed by atoms with Crippen LogP contribution in [0.15, 0.2) is 18.2 Å². The third-order valence-corrected chi connectivity index (χ3v) is 2.80. The molecule has 0 fully saturated rings. The quantitative estimate of drug-likeness (QED) is 0.801. The Kier molecular flexibility index (Phi) is 5.28. The van der Waals surface area contributed by atoms with Gasteiger partial charge in [0.1, 0.15) is 5.82 Å². The Hall–Kier alpha value is -1.42. The Labute approximate surface area is 108 Å². The first-order valence-electron chi connectivity index (χ1n) is 6.08.